The van der Waals surface area contributed by atoms with Gasteiger partial charge in [0, 0.05) is 69.4 Å². The molecule has 13 rings (SSSR count). The third-order valence-electron chi connectivity index (χ3n) is 13.0. The predicted octanol–water partition coefficient (Wildman–Crippen LogP) is 10.1. The first-order valence-electron chi connectivity index (χ1n) is 21.1. The summed E-state index contributed by atoms with van der Waals surface area (Å²) >= 11 is 6.45. The van der Waals surface area contributed by atoms with Crippen molar-refractivity contribution in [3.05, 3.63) is 144 Å². The first kappa shape index (κ1) is 35.8. The first-order chi connectivity index (χ1) is 29.3. The van der Waals surface area contributed by atoms with Gasteiger partial charge in [-0.05, 0) is 86.1 Å². The lowest BCUT2D eigenvalue weighted by Gasteiger charge is -2.52. The van der Waals surface area contributed by atoms with Gasteiger partial charge in [-0.2, -0.15) is 19.2 Å². The van der Waals surface area contributed by atoms with E-state index in [1.54, 1.807) is 0 Å². The van der Waals surface area contributed by atoms with E-state index in [1.807, 2.05) is 63.9 Å². The highest BCUT2D eigenvalue weighted by molar-refractivity contribution is 6.32. The van der Waals surface area contributed by atoms with Crippen LogP contribution in [0.5, 0.6) is 0 Å². The van der Waals surface area contributed by atoms with E-state index in [9.17, 15) is 5.11 Å². The number of aromatic nitrogens is 8. The summed E-state index contributed by atoms with van der Waals surface area (Å²) in [5.74, 6) is 1.58. The molecule has 3 aromatic carbocycles. The van der Waals surface area contributed by atoms with Crippen LogP contribution in [-0.4, -0.2) is 49.9 Å². The monoisotopic (exact) mass is 807 g/mol. The van der Waals surface area contributed by atoms with E-state index in [0.717, 1.165) is 96.7 Å². The molecule has 0 spiro atoms. The van der Waals surface area contributed by atoms with Crippen LogP contribution < -0.4 is 5.73 Å². The number of nitrogens with two attached hydrogens (primary N) is 1. The van der Waals surface area contributed by atoms with Crippen LogP contribution in [0, 0.1) is 5.92 Å². The zero-order chi connectivity index (χ0) is 40.2. The summed E-state index contributed by atoms with van der Waals surface area (Å²) in [5, 5.41) is 22.8. The highest BCUT2D eigenvalue weighted by Gasteiger charge is 2.59. The predicted molar refractivity (Wildman–Crippen MR) is 235 cm³/mol. The summed E-state index contributed by atoms with van der Waals surface area (Å²) in [4.78, 5) is 19.0. The molecule has 9 aromatic rings. The van der Waals surface area contributed by atoms with E-state index in [1.165, 1.54) is 25.7 Å². The van der Waals surface area contributed by atoms with E-state index < -0.39 is 11.1 Å². The summed E-state index contributed by atoms with van der Waals surface area (Å²) in [6, 6.07) is 37.2. The number of hydrogen-bond acceptors (Lipinski definition) is 8. The van der Waals surface area contributed by atoms with Crippen molar-refractivity contribution in [2.24, 2.45) is 11.7 Å². The Morgan fingerprint density at radius 3 is 1.65 bits per heavy atom. The van der Waals surface area contributed by atoms with Gasteiger partial charge >= 0.3 is 0 Å². The van der Waals surface area contributed by atoms with Crippen LogP contribution in [0.2, 0.25) is 5.15 Å². The number of nitrogens with zero attached hydrogens (tertiary/aromatic N) is 8. The van der Waals surface area contributed by atoms with E-state index in [4.69, 9.17) is 27.4 Å². The van der Waals surface area contributed by atoms with Crippen molar-refractivity contribution in [3.8, 4) is 33.5 Å². The fourth-order valence-electron chi connectivity index (χ4n) is 9.24. The smallest absolute Gasteiger partial charge is 0.166 e. The molecule has 0 aliphatic heterocycles. The highest BCUT2D eigenvalue weighted by Crippen LogP contribution is 2.57. The van der Waals surface area contributed by atoms with Crippen LogP contribution in [0.25, 0.3) is 66.9 Å². The number of fused-ring (bicyclic) bond motifs is 6. The Bertz CT molecular complexity index is 3110. The number of pyridine rings is 2. The minimum absolute atomic E-state index is 0.438. The van der Waals surface area contributed by atoms with Crippen LogP contribution in [-0.2, 0) is 5.54 Å². The van der Waals surface area contributed by atoms with Crippen molar-refractivity contribution in [1.82, 2.24) is 39.2 Å². The van der Waals surface area contributed by atoms with Crippen LogP contribution in [0.3, 0.4) is 0 Å². The Morgan fingerprint density at radius 2 is 1.12 bits per heavy atom. The number of rotatable bonds is 7. The Balaban J connectivity index is 0.000000144. The van der Waals surface area contributed by atoms with E-state index in [2.05, 4.69) is 86.8 Å². The van der Waals surface area contributed by atoms with Gasteiger partial charge in [-0.25, -0.2) is 19.9 Å². The summed E-state index contributed by atoms with van der Waals surface area (Å²) in [6.07, 6.45) is 12.1. The van der Waals surface area contributed by atoms with Gasteiger partial charge < -0.3 is 10.8 Å². The molecule has 0 saturated heterocycles. The van der Waals surface area contributed by atoms with Gasteiger partial charge in [0.25, 0.3) is 0 Å². The molecule has 296 valence electrons. The Kier molecular flexibility index (Phi) is 8.05. The standard InChI is InChI=1S/C31H29N5O.C18H13ClN4/c32-30(17-31(37,18-30)24-12-13-24)23-10-8-21(9-11-23)28-25(19-4-2-1-3-5-19)14-22-16-33-27-15-26(20-6-7-20)35-36(27)29(22)34-28;19-17-14(11-4-2-1-3-5-11)8-13-10-20-16-9-15(12-6-7-12)22-23(16)18(13)21-17/h1-5,8-11,14-16,20,24,37H,6-7,12-13,17-18,32H2;1-5,8-10,12H,6-7H2. The molecule has 0 bridgehead atoms. The van der Waals surface area contributed by atoms with Crippen molar-refractivity contribution in [1.29, 1.82) is 0 Å². The van der Waals surface area contributed by atoms with Gasteiger partial charge in [0.15, 0.2) is 22.6 Å². The Morgan fingerprint density at radius 1 is 0.600 bits per heavy atom. The van der Waals surface area contributed by atoms with Crippen molar-refractivity contribution >= 4 is 45.0 Å². The minimum Gasteiger partial charge on any atom is -0.389 e. The van der Waals surface area contributed by atoms with Gasteiger partial charge in [-0.3, -0.25) is 0 Å². The average Bonchev–Trinajstić information content (AvgIpc) is 4.17. The van der Waals surface area contributed by atoms with E-state index in [0.29, 0.717) is 35.7 Å². The zero-order valence-corrected chi connectivity index (χ0v) is 33.7. The molecule has 0 atom stereocenters. The lowest BCUT2D eigenvalue weighted by atomic mass is 9.60. The molecule has 60 heavy (non-hydrogen) atoms. The molecule has 6 aromatic heterocycles. The highest BCUT2D eigenvalue weighted by atomic mass is 35.5. The van der Waals surface area contributed by atoms with Gasteiger partial charge in [0.2, 0.25) is 0 Å². The van der Waals surface area contributed by atoms with Crippen LogP contribution in [0.15, 0.2) is 122 Å². The number of benzene rings is 3. The first-order valence-corrected chi connectivity index (χ1v) is 21.4. The molecule has 4 fully saturated rings. The largest absolute Gasteiger partial charge is 0.389 e. The maximum absolute atomic E-state index is 10.9. The molecule has 10 nitrogen and oxygen atoms in total. The third kappa shape index (κ3) is 6.24. The molecular formula is C49H42ClN9O. The molecule has 0 amide bonds. The molecule has 4 aliphatic rings. The quantitative estimate of drug-likeness (QED) is 0.152. The summed E-state index contributed by atoms with van der Waals surface area (Å²) in [5.41, 5.74) is 18.3. The topological polar surface area (TPSA) is 132 Å². The second-order valence-corrected chi connectivity index (χ2v) is 17.8. The second kappa shape index (κ2) is 13.5. The van der Waals surface area contributed by atoms with Crippen molar-refractivity contribution in [3.63, 3.8) is 0 Å². The fraction of sp³-hybridized carbons (Fsp3) is 0.265. The van der Waals surface area contributed by atoms with Crippen molar-refractivity contribution in [2.75, 3.05) is 0 Å². The maximum atomic E-state index is 10.9. The SMILES string of the molecule is Clc1nc2c(cnc3cc(C4CC4)nn32)cc1-c1ccccc1.NC1(c2ccc(-c3nc4c(cnc5cc(C6CC6)nn54)cc3-c3ccccc3)cc2)CC(O)(C2CC2)C1. The van der Waals surface area contributed by atoms with Crippen molar-refractivity contribution < 1.29 is 5.11 Å². The number of hydrogen-bond donors (Lipinski definition) is 2. The van der Waals surface area contributed by atoms with E-state index >= 15 is 0 Å². The van der Waals surface area contributed by atoms with Gasteiger partial charge in [0.05, 0.1) is 22.7 Å². The molecule has 0 radical (unpaired) electrons. The van der Waals surface area contributed by atoms with Crippen LogP contribution >= 0.6 is 11.6 Å². The number of halogens is 1. The maximum Gasteiger partial charge on any atom is 0.166 e. The summed E-state index contributed by atoms with van der Waals surface area (Å²) in [7, 11) is 0. The van der Waals surface area contributed by atoms with Crippen molar-refractivity contribution in [2.45, 2.75) is 74.3 Å². The Labute approximate surface area is 351 Å². The molecule has 3 N–H and O–H groups in total. The average molecular weight is 808 g/mol. The lowest BCUT2D eigenvalue weighted by Crippen LogP contribution is -2.60. The number of aliphatic hydroxyl groups is 1. The van der Waals surface area contributed by atoms with Gasteiger partial charge in [-0.1, -0.05) is 96.5 Å². The minimum atomic E-state index is -0.573. The molecule has 4 saturated carbocycles. The van der Waals surface area contributed by atoms with E-state index in [-0.39, 0.29) is 0 Å². The lowest BCUT2D eigenvalue weighted by molar-refractivity contribution is -0.106. The normalized spacial score (nSPS) is 21.3. The van der Waals surface area contributed by atoms with Crippen LogP contribution in [0.1, 0.15) is 80.2 Å². The molecule has 0 unspecified atom stereocenters. The molecule has 11 heteroatoms. The van der Waals surface area contributed by atoms with Crippen LogP contribution in [0.4, 0.5) is 0 Å². The zero-order valence-electron chi connectivity index (χ0n) is 32.9. The Hall–Kier alpha value is -6.07. The molecular weight excluding hydrogens is 766 g/mol. The molecule has 6 heterocycles. The summed E-state index contributed by atoms with van der Waals surface area (Å²) in [6.45, 7) is 0. The fourth-order valence-corrected chi connectivity index (χ4v) is 9.48. The van der Waals surface area contributed by atoms with Gasteiger partial charge in [0.1, 0.15) is 5.15 Å². The molecule has 4 aliphatic carbocycles. The second-order valence-electron chi connectivity index (χ2n) is 17.5. The van der Waals surface area contributed by atoms with Gasteiger partial charge in [-0.15, -0.1) is 0 Å². The summed E-state index contributed by atoms with van der Waals surface area (Å²) < 4.78 is 3.71. The third-order valence-corrected chi connectivity index (χ3v) is 13.3.